The van der Waals surface area contributed by atoms with Gasteiger partial charge in [-0.15, -0.1) is 0 Å². The number of benzene rings is 2. The van der Waals surface area contributed by atoms with Gasteiger partial charge in [0, 0.05) is 0 Å². The zero-order valence-electron chi connectivity index (χ0n) is 12.4. The summed E-state index contributed by atoms with van der Waals surface area (Å²) in [6.07, 6.45) is 0. The van der Waals surface area contributed by atoms with Gasteiger partial charge in [0.1, 0.15) is 10.6 Å². The second-order valence-electron chi connectivity index (χ2n) is 4.60. The first kappa shape index (κ1) is 17.9. The third-order valence-electron chi connectivity index (χ3n) is 2.97. The van der Waals surface area contributed by atoms with Crippen molar-refractivity contribution < 1.29 is 23.1 Å². The van der Waals surface area contributed by atoms with Gasteiger partial charge in [-0.25, -0.2) is 18.4 Å². The van der Waals surface area contributed by atoms with Crippen molar-refractivity contribution in [2.45, 2.75) is 4.90 Å². The Morgan fingerprint density at radius 1 is 1.17 bits per heavy atom. The zero-order chi connectivity index (χ0) is 17.9. The molecular weight excluding hydrogens is 358 g/mol. The van der Waals surface area contributed by atoms with Gasteiger partial charge in [0.15, 0.2) is 5.75 Å². The van der Waals surface area contributed by atoms with Gasteiger partial charge < -0.3 is 20.5 Å². The number of carbonyl (C=O) groups excluding carboxylic acids is 1. The summed E-state index contributed by atoms with van der Waals surface area (Å²) in [5.41, 5.74) is 0.216. The molecule has 0 aromatic heterocycles. The maximum Gasteiger partial charge on any atom is 0.323 e. The lowest BCUT2D eigenvalue weighted by Crippen LogP contribution is -2.20. The van der Waals surface area contributed by atoms with E-state index >= 15 is 0 Å². The summed E-state index contributed by atoms with van der Waals surface area (Å²) in [7, 11) is -2.82. The summed E-state index contributed by atoms with van der Waals surface area (Å²) in [5.74, 6) is -0.321. The molecule has 128 valence electrons. The molecule has 5 N–H and O–H groups in total. The van der Waals surface area contributed by atoms with Crippen LogP contribution in [0.2, 0.25) is 5.02 Å². The fourth-order valence-corrected chi connectivity index (χ4v) is 3.14. The van der Waals surface area contributed by atoms with Crippen LogP contribution in [0.3, 0.4) is 0 Å². The van der Waals surface area contributed by atoms with Crippen LogP contribution in [-0.2, 0) is 10.0 Å². The molecule has 0 atom stereocenters. The molecule has 0 aliphatic heterocycles. The average molecular weight is 372 g/mol. The molecular formula is C14H14ClN3O5S. The van der Waals surface area contributed by atoms with Crippen LogP contribution < -0.4 is 20.5 Å². The SMILES string of the molecule is COc1ccccc1NC(=O)Nc1ccc(Cl)c(S(N)(=O)=O)c1O. The highest BCUT2D eigenvalue weighted by atomic mass is 35.5. The molecule has 0 unspecified atom stereocenters. The first-order valence-electron chi connectivity index (χ1n) is 6.49. The Morgan fingerprint density at radius 3 is 2.42 bits per heavy atom. The number of amides is 2. The van der Waals surface area contributed by atoms with E-state index in [1.807, 2.05) is 0 Å². The molecule has 2 aromatic carbocycles. The number of urea groups is 1. The summed E-state index contributed by atoms with van der Waals surface area (Å²) in [5, 5.41) is 19.6. The van der Waals surface area contributed by atoms with Gasteiger partial charge in [-0.3, -0.25) is 0 Å². The van der Waals surface area contributed by atoms with Crippen LogP contribution in [0.15, 0.2) is 41.3 Å². The number of hydrogen-bond donors (Lipinski definition) is 4. The number of primary sulfonamides is 1. The first-order valence-corrected chi connectivity index (χ1v) is 8.41. The van der Waals surface area contributed by atoms with Gasteiger partial charge in [0.25, 0.3) is 0 Å². The maximum atomic E-state index is 12.0. The van der Waals surface area contributed by atoms with Crippen molar-refractivity contribution in [3.63, 3.8) is 0 Å². The molecule has 0 heterocycles. The van der Waals surface area contributed by atoms with Crippen LogP contribution in [0.1, 0.15) is 0 Å². The predicted octanol–water partition coefficient (Wildman–Crippen LogP) is 2.35. The highest BCUT2D eigenvalue weighted by Gasteiger charge is 2.22. The molecule has 0 saturated heterocycles. The minimum atomic E-state index is -4.27. The summed E-state index contributed by atoms with van der Waals surface area (Å²) in [6.45, 7) is 0. The lowest BCUT2D eigenvalue weighted by Gasteiger charge is -2.13. The minimum absolute atomic E-state index is 0.171. The number of hydrogen-bond acceptors (Lipinski definition) is 5. The Balaban J connectivity index is 2.27. The Kier molecular flexibility index (Phi) is 5.17. The largest absolute Gasteiger partial charge is 0.504 e. The number of aromatic hydroxyl groups is 1. The molecule has 24 heavy (non-hydrogen) atoms. The molecule has 0 saturated carbocycles. The van der Waals surface area contributed by atoms with Crippen molar-refractivity contribution in [3.05, 3.63) is 41.4 Å². The molecule has 0 radical (unpaired) electrons. The van der Waals surface area contributed by atoms with Crippen molar-refractivity contribution in [3.8, 4) is 11.5 Å². The van der Waals surface area contributed by atoms with Gasteiger partial charge in [-0.1, -0.05) is 23.7 Å². The van der Waals surface area contributed by atoms with E-state index in [1.54, 1.807) is 24.3 Å². The van der Waals surface area contributed by atoms with E-state index in [0.717, 1.165) is 0 Å². The number of halogens is 1. The van der Waals surface area contributed by atoms with Crippen LogP contribution >= 0.6 is 11.6 Å². The number of nitrogens with one attached hydrogen (secondary N) is 2. The number of rotatable bonds is 4. The molecule has 8 nitrogen and oxygen atoms in total. The van der Waals surface area contributed by atoms with Gasteiger partial charge in [0.05, 0.1) is 23.5 Å². The lowest BCUT2D eigenvalue weighted by molar-refractivity contribution is 0.262. The standard InChI is InChI=1S/C14H14ClN3O5S/c1-23-11-5-3-2-4-9(11)17-14(20)18-10-7-6-8(15)13(12(10)19)24(16,21)22/h2-7,19H,1H3,(H2,16,21,22)(H2,17,18,20). The lowest BCUT2D eigenvalue weighted by atomic mass is 10.3. The number of ether oxygens (including phenoxy) is 1. The number of para-hydroxylation sites is 2. The van der Waals surface area contributed by atoms with Crippen molar-refractivity contribution in [1.29, 1.82) is 0 Å². The van der Waals surface area contributed by atoms with Crippen LogP contribution in [0.25, 0.3) is 0 Å². The van der Waals surface area contributed by atoms with E-state index in [9.17, 15) is 18.3 Å². The molecule has 2 rings (SSSR count). The summed E-state index contributed by atoms with van der Waals surface area (Å²) < 4.78 is 28.0. The predicted molar refractivity (Wildman–Crippen MR) is 90.1 cm³/mol. The normalized spacial score (nSPS) is 11.0. The number of phenols is 1. The number of carbonyl (C=O) groups is 1. The topological polar surface area (TPSA) is 131 Å². The molecule has 0 aliphatic rings. The Hall–Kier alpha value is -2.49. The number of anilines is 2. The number of methoxy groups -OCH3 is 1. The van der Waals surface area contributed by atoms with Crippen molar-refractivity contribution in [1.82, 2.24) is 0 Å². The van der Waals surface area contributed by atoms with E-state index in [-0.39, 0.29) is 10.7 Å². The van der Waals surface area contributed by atoms with Crippen molar-refractivity contribution >= 4 is 39.0 Å². The average Bonchev–Trinajstić information content (AvgIpc) is 2.49. The van der Waals surface area contributed by atoms with E-state index < -0.39 is 26.7 Å². The molecule has 0 bridgehead atoms. The fourth-order valence-electron chi connectivity index (χ4n) is 1.94. The van der Waals surface area contributed by atoms with Crippen LogP contribution in [0.5, 0.6) is 11.5 Å². The van der Waals surface area contributed by atoms with E-state index in [0.29, 0.717) is 11.4 Å². The molecule has 2 aromatic rings. The second-order valence-corrected chi connectivity index (χ2v) is 6.50. The maximum absolute atomic E-state index is 12.0. The summed E-state index contributed by atoms with van der Waals surface area (Å²) in [6, 6.07) is 8.39. The highest BCUT2D eigenvalue weighted by Crippen LogP contribution is 2.36. The van der Waals surface area contributed by atoms with E-state index in [1.165, 1.54) is 19.2 Å². The molecule has 0 fully saturated rings. The monoisotopic (exact) mass is 371 g/mol. The van der Waals surface area contributed by atoms with E-state index in [4.69, 9.17) is 21.5 Å². The van der Waals surface area contributed by atoms with Crippen LogP contribution in [-0.4, -0.2) is 26.7 Å². The van der Waals surface area contributed by atoms with Crippen molar-refractivity contribution in [2.75, 3.05) is 17.7 Å². The second kappa shape index (κ2) is 6.95. The quantitative estimate of drug-likeness (QED) is 0.612. The Bertz CT molecular complexity index is 886. The fraction of sp³-hybridized carbons (Fsp3) is 0.0714. The number of phenolic OH excluding ortho intramolecular Hbond substituents is 1. The number of sulfonamides is 1. The van der Waals surface area contributed by atoms with Crippen LogP contribution in [0.4, 0.5) is 16.2 Å². The highest BCUT2D eigenvalue weighted by molar-refractivity contribution is 7.89. The molecule has 2 amide bonds. The van der Waals surface area contributed by atoms with Crippen molar-refractivity contribution in [2.24, 2.45) is 5.14 Å². The summed E-state index contributed by atoms with van der Waals surface area (Å²) in [4.78, 5) is 11.4. The van der Waals surface area contributed by atoms with Gasteiger partial charge in [-0.05, 0) is 24.3 Å². The first-order chi connectivity index (χ1) is 11.2. The third-order valence-corrected chi connectivity index (χ3v) is 4.38. The third kappa shape index (κ3) is 3.88. The Morgan fingerprint density at radius 2 is 1.79 bits per heavy atom. The smallest absolute Gasteiger partial charge is 0.323 e. The zero-order valence-corrected chi connectivity index (χ0v) is 14.0. The molecule has 0 aliphatic carbocycles. The van der Waals surface area contributed by atoms with Gasteiger partial charge in [0.2, 0.25) is 10.0 Å². The molecule has 0 spiro atoms. The number of nitrogens with two attached hydrogens (primary N) is 1. The van der Waals surface area contributed by atoms with Gasteiger partial charge in [-0.2, -0.15) is 0 Å². The van der Waals surface area contributed by atoms with E-state index in [2.05, 4.69) is 10.6 Å². The Labute approximate surface area is 143 Å². The van der Waals surface area contributed by atoms with Crippen LogP contribution in [0, 0.1) is 0 Å². The summed E-state index contributed by atoms with van der Waals surface area (Å²) >= 11 is 5.73. The van der Waals surface area contributed by atoms with Gasteiger partial charge >= 0.3 is 6.03 Å². The molecule has 10 heteroatoms. The minimum Gasteiger partial charge on any atom is -0.504 e.